The molecule has 3 rings (SSSR count). The van der Waals surface area contributed by atoms with Crippen molar-refractivity contribution in [1.29, 1.82) is 0 Å². The fourth-order valence-electron chi connectivity index (χ4n) is 3.26. The van der Waals surface area contributed by atoms with Crippen LogP contribution >= 0.6 is 11.3 Å². The first kappa shape index (κ1) is 18.4. The Balaban J connectivity index is 1.78. The molecule has 0 aromatic carbocycles. The molecule has 0 saturated carbocycles. The van der Waals surface area contributed by atoms with Crippen LogP contribution < -0.4 is 5.32 Å². The molecule has 1 saturated heterocycles. The van der Waals surface area contributed by atoms with Gasteiger partial charge in [-0.25, -0.2) is 4.79 Å². The molecule has 26 heavy (non-hydrogen) atoms. The van der Waals surface area contributed by atoms with Crippen molar-refractivity contribution in [3.63, 3.8) is 0 Å². The van der Waals surface area contributed by atoms with Crippen molar-refractivity contribution in [2.24, 2.45) is 5.92 Å². The number of nitrogens with zero attached hydrogens (tertiary/aromatic N) is 2. The van der Waals surface area contributed by atoms with E-state index in [0.717, 1.165) is 16.3 Å². The number of carbonyl (C=O) groups is 3. The van der Waals surface area contributed by atoms with Crippen molar-refractivity contribution in [2.45, 2.75) is 40.3 Å². The third-order valence-electron chi connectivity index (χ3n) is 4.79. The summed E-state index contributed by atoms with van der Waals surface area (Å²) >= 11 is 1.67. The predicted octanol–water partition coefficient (Wildman–Crippen LogP) is 2.97. The van der Waals surface area contributed by atoms with E-state index in [4.69, 9.17) is 0 Å². The van der Waals surface area contributed by atoms with Gasteiger partial charge in [-0.05, 0) is 37.3 Å². The van der Waals surface area contributed by atoms with E-state index >= 15 is 0 Å². The van der Waals surface area contributed by atoms with E-state index in [1.807, 2.05) is 45.2 Å². The van der Waals surface area contributed by atoms with Gasteiger partial charge in [0.15, 0.2) is 5.78 Å². The van der Waals surface area contributed by atoms with Crippen molar-refractivity contribution in [2.75, 3.05) is 6.54 Å². The summed E-state index contributed by atoms with van der Waals surface area (Å²) in [4.78, 5) is 39.5. The molecule has 1 N–H and O–H groups in total. The Hall–Kier alpha value is -2.41. The molecule has 1 aliphatic heterocycles. The smallest absolute Gasteiger partial charge is 0.325 e. The average Bonchev–Trinajstić information content (AvgIpc) is 3.26. The van der Waals surface area contributed by atoms with Crippen LogP contribution in [-0.2, 0) is 11.3 Å². The number of aromatic nitrogens is 1. The van der Waals surface area contributed by atoms with Crippen LogP contribution in [0.3, 0.4) is 0 Å². The van der Waals surface area contributed by atoms with Gasteiger partial charge in [0.1, 0.15) is 6.04 Å². The molecule has 0 bridgehead atoms. The first-order valence-electron chi connectivity index (χ1n) is 8.63. The number of rotatable bonds is 6. The molecule has 7 heteroatoms. The van der Waals surface area contributed by atoms with Crippen molar-refractivity contribution >= 4 is 29.1 Å². The zero-order chi connectivity index (χ0) is 19.0. The molecule has 0 spiro atoms. The number of carbonyl (C=O) groups excluding carboxylic acids is 3. The average molecular weight is 373 g/mol. The van der Waals surface area contributed by atoms with Crippen LogP contribution in [0.5, 0.6) is 0 Å². The lowest BCUT2D eigenvalue weighted by molar-refractivity contribution is -0.127. The quantitative estimate of drug-likeness (QED) is 0.625. The molecule has 0 aliphatic carbocycles. The number of urea groups is 1. The van der Waals surface area contributed by atoms with E-state index < -0.39 is 12.1 Å². The number of amides is 3. The number of imide groups is 1. The maximum atomic E-state index is 12.8. The Morgan fingerprint density at radius 2 is 2.04 bits per heavy atom. The lowest BCUT2D eigenvalue weighted by Gasteiger charge is -2.14. The molecule has 2 aromatic rings. The Morgan fingerprint density at radius 3 is 2.62 bits per heavy atom. The lowest BCUT2D eigenvalue weighted by Crippen LogP contribution is -2.37. The number of thiophene rings is 1. The summed E-state index contributed by atoms with van der Waals surface area (Å²) in [6, 6.07) is 4.85. The van der Waals surface area contributed by atoms with Gasteiger partial charge in [0, 0.05) is 21.8 Å². The number of aryl methyl sites for hydroxylation is 1. The third kappa shape index (κ3) is 3.31. The Labute approximate surface area is 156 Å². The van der Waals surface area contributed by atoms with Gasteiger partial charge in [-0.2, -0.15) is 0 Å². The van der Waals surface area contributed by atoms with Crippen LogP contribution in [0.15, 0.2) is 23.6 Å². The van der Waals surface area contributed by atoms with Gasteiger partial charge in [0.05, 0.1) is 13.1 Å². The van der Waals surface area contributed by atoms with Gasteiger partial charge < -0.3 is 9.88 Å². The first-order chi connectivity index (χ1) is 12.3. The monoisotopic (exact) mass is 373 g/mol. The normalized spacial score (nSPS) is 17.3. The number of hydrogen-bond acceptors (Lipinski definition) is 4. The van der Waals surface area contributed by atoms with Crippen molar-refractivity contribution in [1.82, 2.24) is 14.8 Å². The van der Waals surface area contributed by atoms with Crippen LogP contribution in [0.1, 0.15) is 40.5 Å². The van der Waals surface area contributed by atoms with Crippen molar-refractivity contribution in [3.05, 3.63) is 45.4 Å². The zero-order valence-corrected chi connectivity index (χ0v) is 16.2. The summed E-state index contributed by atoms with van der Waals surface area (Å²) < 4.78 is 2.09. The fraction of sp³-hybridized carbons (Fsp3) is 0.421. The number of ketones is 1. The predicted molar refractivity (Wildman–Crippen MR) is 101 cm³/mol. The number of hydrogen-bond donors (Lipinski definition) is 1. The summed E-state index contributed by atoms with van der Waals surface area (Å²) in [5.74, 6) is -0.559. The molecular formula is C19H23N3O3S. The van der Waals surface area contributed by atoms with Gasteiger partial charge in [-0.15, -0.1) is 11.3 Å². The minimum Gasteiger partial charge on any atom is -0.343 e. The molecule has 2 aromatic heterocycles. The van der Waals surface area contributed by atoms with Crippen molar-refractivity contribution in [3.8, 4) is 0 Å². The maximum absolute atomic E-state index is 12.8. The van der Waals surface area contributed by atoms with Crippen LogP contribution in [-0.4, -0.2) is 39.8 Å². The van der Waals surface area contributed by atoms with Crippen LogP contribution in [0, 0.1) is 19.8 Å². The molecular weight excluding hydrogens is 350 g/mol. The second kappa shape index (κ2) is 7.07. The lowest BCUT2D eigenvalue weighted by atomic mass is 10.0. The highest BCUT2D eigenvalue weighted by molar-refractivity contribution is 7.09. The molecule has 1 fully saturated rings. The number of nitrogens with one attached hydrogen (secondary N) is 1. The summed E-state index contributed by atoms with van der Waals surface area (Å²) in [6.07, 6.45) is 0. The minimum atomic E-state index is -0.554. The van der Waals surface area contributed by atoms with E-state index in [9.17, 15) is 14.4 Å². The molecule has 138 valence electrons. The highest BCUT2D eigenvalue weighted by Crippen LogP contribution is 2.21. The van der Waals surface area contributed by atoms with Gasteiger partial charge >= 0.3 is 6.03 Å². The molecule has 3 heterocycles. The summed E-state index contributed by atoms with van der Waals surface area (Å²) in [5.41, 5.74) is 2.40. The Bertz CT molecular complexity index is 852. The van der Waals surface area contributed by atoms with Crippen LogP contribution in [0.2, 0.25) is 0 Å². The zero-order valence-electron chi connectivity index (χ0n) is 15.4. The van der Waals surface area contributed by atoms with Crippen molar-refractivity contribution < 1.29 is 14.4 Å². The molecule has 1 atom stereocenters. The van der Waals surface area contributed by atoms with Gasteiger partial charge in [-0.1, -0.05) is 19.9 Å². The Kier molecular flexibility index (Phi) is 5.00. The van der Waals surface area contributed by atoms with E-state index in [0.29, 0.717) is 12.1 Å². The standard InChI is InChI=1S/C19H23N3O3S/c1-11(2)17-18(24)22(19(25)20-17)10-16(23)15-8-12(3)21(13(15)4)9-14-6-5-7-26-14/h5-8,11,17H,9-10H2,1-4H3,(H,20,25)/t17-/m0/s1. The molecule has 0 radical (unpaired) electrons. The number of Topliss-reactive ketones (excluding diaryl/α,β-unsaturated/α-hetero) is 1. The fourth-order valence-corrected chi connectivity index (χ4v) is 3.95. The summed E-state index contributed by atoms with van der Waals surface area (Å²) in [5, 5.41) is 4.68. The topological polar surface area (TPSA) is 71.4 Å². The van der Waals surface area contributed by atoms with Crippen LogP contribution in [0.25, 0.3) is 0 Å². The van der Waals surface area contributed by atoms with Gasteiger partial charge in [0.2, 0.25) is 0 Å². The van der Waals surface area contributed by atoms with Gasteiger partial charge in [0.25, 0.3) is 5.91 Å². The van der Waals surface area contributed by atoms with E-state index in [-0.39, 0.29) is 24.2 Å². The molecule has 0 unspecified atom stereocenters. The summed E-state index contributed by atoms with van der Waals surface area (Å²) in [6.45, 7) is 8.08. The molecule has 6 nitrogen and oxygen atoms in total. The van der Waals surface area contributed by atoms with Gasteiger partial charge in [-0.3, -0.25) is 14.5 Å². The molecule has 1 aliphatic rings. The highest BCUT2D eigenvalue weighted by atomic mass is 32.1. The Morgan fingerprint density at radius 1 is 1.31 bits per heavy atom. The SMILES string of the molecule is Cc1cc(C(=O)CN2C(=O)N[C@@H](C(C)C)C2=O)c(C)n1Cc1cccs1. The third-order valence-corrected chi connectivity index (χ3v) is 5.65. The maximum Gasteiger partial charge on any atom is 0.325 e. The van der Waals surface area contributed by atoms with E-state index in [2.05, 4.69) is 16.0 Å². The minimum absolute atomic E-state index is 0.0117. The highest BCUT2D eigenvalue weighted by Gasteiger charge is 2.40. The largest absolute Gasteiger partial charge is 0.343 e. The van der Waals surface area contributed by atoms with Crippen LogP contribution in [0.4, 0.5) is 4.79 Å². The van der Waals surface area contributed by atoms with E-state index in [1.54, 1.807) is 11.3 Å². The summed E-state index contributed by atoms with van der Waals surface area (Å²) in [7, 11) is 0. The second-order valence-corrected chi connectivity index (χ2v) is 8.00. The molecule has 3 amide bonds. The second-order valence-electron chi connectivity index (χ2n) is 6.97. The van der Waals surface area contributed by atoms with E-state index in [1.165, 1.54) is 4.88 Å². The first-order valence-corrected chi connectivity index (χ1v) is 9.51.